The van der Waals surface area contributed by atoms with Gasteiger partial charge in [0, 0.05) is 25.0 Å². The Bertz CT molecular complexity index is 638. The lowest BCUT2D eigenvalue weighted by Crippen LogP contribution is -2.46. The van der Waals surface area contributed by atoms with E-state index in [1.54, 1.807) is 0 Å². The molecule has 0 spiro atoms. The van der Waals surface area contributed by atoms with Gasteiger partial charge in [-0.3, -0.25) is 4.79 Å². The van der Waals surface area contributed by atoms with Crippen LogP contribution in [0.2, 0.25) is 0 Å². The van der Waals surface area contributed by atoms with Crippen molar-refractivity contribution in [3.05, 3.63) is 40.7 Å². The van der Waals surface area contributed by atoms with Gasteiger partial charge in [-0.05, 0) is 17.5 Å². The molecule has 3 N–H and O–H groups in total. The molecule has 100 valence electrons. The second-order valence-electron chi connectivity index (χ2n) is 4.75. The molecular formula is C14H17N3O2. The van der Waals surface area contributed by atoms with E-state index in [-0.39, 0.29) is 11.7 Å². The zero-order valence-electron chi connectivity index (χ0n) is 10.6. The van der Waals surface area contributed by atoms with Crippen molar-refractivity contribution < 1.29 is 4.74 Å². The summed E-state index contributed by atoms with van der Waals surface area (Å²) < 4.78 is 5.54. The highest BCUT2D eigenvalue weighted by Gasteiger charge is 2.20. The third kappa shape index (κ3) is 2.34. The van der Waals surface area contributed by atoms with Crippen LogP contribution in [-0.2, 0) is 4.74 Å². The minimum Gasteiger partial charge on any atom is -0.373 e. The summed E-state index contributed by atoms with van der Waals surface area (Å²) in [7, 11) is 0. The number of aromatic nitrogens is 1. The van der Waals surface area contributed by atoms with Crippen LogP contribution in [0.15, 0.2) is 35.1 Å². The highest BCUT2D eigenvalue weighted by atomic mass is 16.5. The SMILES string of the molecule is NCC1CN(c2cc3ccccc3c(=O)[nH]2)CCO1. The van der Waals surface area contributed by atoms with Crippen LogP contribution in [0.5, 0.6) is 0 Å². The average Bonchev–Trinajstić information content (AvgIpc) is 2.47. The van der Waals surface area contributed by atoms with Gasteiger partial charge in [0.2, 0.25) is 0 Å². The first-order valence-corrected chi connectivity index (χ1v) is 6.46. The Kier molecular flexibility index (Phi) is 3.23. The van der Waals surface area contributed by atoms with Crippen LogP contribution in [-0.4, -0.2) is 37.3 Å². The van der Waals surface area contributed by atoms with Crippen molar-refractivity contribution in [3.63, 3.8) is 0 Å². The molecule has 1 aromatic heterocycles. The quantitative estimate of drug-likeness (QED) is 0.832. The van der Waals surface area contributed by atoms with E-state index < -0.39 is 0 Å². The second kappa shape index (κ2) is 5.03. The van der Waals surface area contributed by atoms with E-state index in [1.807, 2.05) is 30.3 Å². The minimum absolute atomic E-state index is 0.0312. The molecule has 1 fully saturated rings. The number of nitrogens with two attached hydrogens (primary N) is 1. The maximum Gasteiger partial charge on any atom is 0.257 e. The molecule has 1 atom stereocenters. The first-order chi connectivity index (χ1) is 9.28. The molecule has 1 unspecified atom stereocenters. The summed E-state index contributed by atoms with van der Waals surface area (Å²) in [6.45, 7) is 2.61. The maximum atomic E-state index is 12.1. The Morgan fingerprint density at radius 1 is 1.42 bits per heavy atom. The Hall–Kier alpha value is -1.85. The van der Waals surface area contributed by atoms with Crippen molar-refractivity contribution >= 4 is 16.6 Å². The molecule has 19 heavy (non-hydrogen) atoms. The van der Waals surface area contributed by atoms with E-state index in [1.165, 1.54) is 0 Å². The predicted octanol–water partition coefficient (Wildman–Crippen LogP) is 0.692. The number of H-pyrrole nitrogens is 1. The Labute approximate surface area is 111 Å². The van der Waals surface area contributed by atoms with Crippen molar-refractivity contribution in [3.8, 4) is 0 Å². The number of fused-ring (bicyclic) bond motifs is 1. The van der Waals surface area contributed by atoms with Crippen molar-refractivity contribution in [2.75, 3.05) is 31.1 Å². The van der Waals surface area contributed by atoms with Gasteiger partial charge in [0.1, 0.15) is 5.82 Å². The largest absolute Gasteiger partial charge is 0.373 e. The standard InChI is InChI=1S/C14H17N3O2/c15-8-11-9-17(5-6-19-11)13-7-10-3-1-2-4-12(10)14(18)16-13/h1-4,7,11H,5-6,8-9,15H2,(H,16,18). The summed E-state index contributed by atoms with van der Waals surface area (Å²) >= 11 is 0. The molecule has 0 radical (unpaired) electrons. The van der Waals surface area contributed by atoms with Crippen LogP contribution < -0.4 is 16.2 Å². The third-order valence-corrected chi connectivity index (χ3v) is 3.48. The summed E-state index contributed by atoms with van der Waals surface area (Å²) in [5, 5.41) is 1.67. The maximum absolute atomic E-state index is 12.1. The lowest BCUT2D eigenvalue weighted by Gasteiger charge is -2.33. The monoisotopic (exact) mass is 259 g/mol. The molecule has 1 aliphatic heterocycles. The Morgan fingerprint density at radius 3 is 3.11 bits per heavy atom. The number of benzene rings is 1. The zero-order chi connectivity index (χ0) is 13.2. The van der Waals surface area contributed by atoms with Crippen molar-refractivity contribution in [2.24, 2.45) is 5.73 Å². The number of pyridine rings is 1. The van der Waals surface area contributed by atoms with E-state index in [9.17, 15) is 4.79 Å². The molecule has 3 rings (SSSR count). The molecule has 1 aliphatic rings. The van der Waals surface area contributed by atoms with E-state index in [2.05, 4.69) is 9.88 Å². The smallest absolute Gasteiger partial charge is 0.257 e. The summed E-state index contributed by atoms with van der Waals surface area (Å²) in [5.41, 5.74) is 5.59. The van der Waals surface area contributed by atoms with Gasteiger partial charge in [0.15, 0.2) is 0 Å². The van der Waals surface area contributed by atoms with Gasteiger partial charge in [0.25, 0.3) is 5.56 Å². The van der Waals surface area contributed by atoms with Crippen LogP contribution in [0.3, 0.4) is 0 Å². The molecule has 2 heterocycles. The Balaban J connectivity index is 1.99. The van der Waals surface area contributed by atoms with Crippen LogP contribution in [0, 0.1) is 0 Å². The third-order valence-electron chi connectivity index (χ3n) is 3.48. The number of morpholine rings is 1. The minimum atomic E-state index is -0.0520. The van der Waals surface area contributed by atoms with E-state index in [0.29, 0.717) is 19.7 Å². The highest BCUT2D eigenvalue weighted by Crippen LogP contribution is 2.18. The van der Waals surface area contributed by atoms with Crippen molar-refractivity contribution in [2.45, 2.75) is 6.10 Å². The van der Waals surface area contributed by atoms with Crippen molar-refractivity contribution in [1.29, 1.82) is 0 Å². The van der Waals surface area contributed by atoms with E-state index in [4.69, 9.17) is 10.5 Å². The zero-order valence-corrected chi connectivity index (χ0v) is 10.6. The normalized spacial score (nSPS) is 19.8. The summed E-state index contributed by atoms with van der Waals surface area (Å²) in [6, 6.07) is 9.61. The fourth-order valence-electron chi connectivity index (χ4n) is 2.45. The highest BCUT2D eigenvalue weighted by molar-refractivity contribution is 5.83. The topological polar surface area (TPSA) is 71.3 Å². The van der Waals surface area contributed by atoms with Gasteiger partial charge in [0.05, 0.1) is 12.7 Å². The number of aromatic amines is 1. The Morgan fingerprint density at radius 2 is 2.26 bits per heavy atom. The average molecular weight is 259 g/mol. The number of nitrogens with one attached hydrogen (secondary N) is 1. The predicted molar refractivity (Wildman–Crippen MR) is 75.6 cm³/mol. The molecular weight excluding hydrogens is 242 g/mol. The number of anilines is 1. The summed E-state index contributed by atoms with van der Waals surface area (Å²) in [6.07, 6.45) is 0.0312. The van der Waals surface area contributed by atoms with Crippen LogP contribution in [0.4, 0.5) is 5.82 Å². The van der Waals surface area contributed by atoms with Gasteiger partial charge >= 0.3 is 0 Å². The molecule has 0 aliphatic carbocycles. The second-order valence-corrected chi connectivity index (χ2v) is 4.75. The lowest BCUT2D eigenvalue weighted by molar-refractivity contribution is 0.0463. The molecule has 1 saturated heterocycles. The number of hydrogen-bond acceptors (Lipinski definition) is 4. The van der Waals surface area contributed by atoms with Gasteiger partial charge in [-0.15, -0.1) is 0 Å². The fourth-order valence-corrected chi connectivity index (χ4v) is 2.45. The molecule has 1 aromatic carbocycles. The molecule has 5 nitrogen and oxygen atoms in total. The van der Waals surface area contributed by atoms with Gasteiger partial charge < -0.3 is 20.4 Å². The van der Waals surface area contributed by atoms with Gasteiger partial charge in [-0.1, -0.05) is 18.2 Å². The number of hydrogen-bond donors (Lipinski definition) is 2. The fraction of sp³-hybridized carbons (Fsp3) is 0.357. The summed E-state index contributed by atoms with van der Waals surface area (Å²) in [4.78, 5) is 17.1. The molecule has 0 bridgehead atoms. The first-order valence-electron chi connectivity index (χ1n) is 6.46. The first kappa shape index (κ1) is 12.2. The van der Waals surface area contributed by atoms with Crippen LogP contribution in [0.25, 0.3) is 10.8 Å². The lowest BCUT2D eigenvalue weighted by atomic mass is 10.1. The van der Waals surface area contributed by atoms with E-state index >= 15 is 0 Å². The molecule has 0 saturated carbocycles. The van der Waals surface area contributed by atoms with E-state index in [0.717, 1.165) is 23.1 Å². The number of rotatable bonds is 2. The van der Waals surface area contributed by atoms with Crippen LogP contribution in [0.1, 0.15) is 0 Å². The van der Waals surface area contributed by atoms with Crippen LogP contribution >= 0.6 is 0 Å². The number of ether oxygens (including phenoxy) is 1. The van der Waals surface area contributed by atoms with Gasteiger partial charge in [-0.2, -0.15) is 0 Å². The van der Waals surface area contributed by atoms with Crippen molar-refractivity contribution in [1.82, 2.24) is 4.98 Å². The molecule has 0 amide bonds. The van der Waals surface area contributed by atoms with Gasteiger partial charge in [-0.25, -0.2) is 0 Å². The molecule has 5 heteroatoms. The number of nitrogens with zero attached hydrogens (tertiary/aromatic N) is 1. The summed E-state index contributed by atoms with van der Waals surface area (Å²) in [5.74, 6) is 0.838. The molecule has 2 aromatic rings.